The van der Waals surface area contributed by atoms with Gasteiger partial charge in [-0.1, -0.05) is 6.92 Å². The number of ketones is 1. The second-order valence-electron chi connectivity index (χ2n) is 4.59. The molecule has 1 aromatic rings. The average molecular weight is 284 g/mol. The molecule has 1 saturated heterocycles. The van der Waals surface area contributed by atoms with Gasteiger partial charge in [0.15, 0.2) is 11.5 Å². The molecular formula is C13H20N2O3S. The molecule has 1 aliphatic heterocycles. The number of thiophene rings is 1. The van der Waals surface area contributed by atoms with Crippen molar-refractivity contribution in [3.8, 4) is 5.75 Å². The molecule has 0 aromatic carbocycles. The molecule has 5 nitrogen and oxygen atoms in total. The van der Waals surface area contributed by atoms with Gasteiger partial charge in [-0.05, 0) is 6.42 Å². The standard InChI is InChI=1S/C13H20N2O3S/c1-3-9(16)12-10(14)11(17-2)13(19-12)15-6-8-4-5-18-7-8/h8,15H,3-7,14H2,1-2H3. The van der Waals surface area contributed by atoms with Gasteiger partial charge in [0, 0.05) is 25.5 Å². The van der Waals surface area contributed by atoms with Gasteiger partial charge in [0.05, 0.1) is 24.3 Å². The Labute approximate surface area is 117 Å². The lowest BCUT2D eigenvalue weighted by atomic mass is 10.1. The predicted molar refractivity (Wildman–Crippen MR) is 77.3 cm³/mol. The predicted octanol–water partition coefficient (Wildman–Crippen LogP) is 2.38. The van der Waals surface area contributed by atoms with E-state index in [4.69, 9.17) is 15.2 Å². The Hall–Kier alpha value is -1.27. The van der Waals surface area contributed by atoms with E-state index in [-0.39, 0.29) is 5.78 Å². The Bertz CT molecular complexity index is 453. The van der Waals surface area contributed by atoms with Crippen LogP contribution in [0.1, 0.15) is 29.4 Å². The van der Waals surface area contributed by atoms with Gasteiger partial charge in [-0.15, -0.1) is 11.3 Å². The maximum atomic E-state index is 11.8. The van der Waals surface area contributed by atoms with Crippen molar-refractivity contribution in [1.82, 2.24) is 0 Å². The molecule has 6 heteroatoms. The van der Waals surface area contributed by atoms with E-state index in [1.807, 2.05) is 6.92 Å². The second-order valence-corrected chi connectivity index (χ2v) is 5.62. The SMILES string of the molecule is CCC(=O)c1sc(NCC2CCOC2)c(OC)c1N. The largest absolute Gasteiger partial charge is 0.492 e. The molecule has 1 fully saturated rings. The van der Waals surface area contributed by atoms with Gasteiger partial charge in [-0.25, -0.2) is 0 Å². The molecule has 3 N–H and O–H groups in total. The van der Waals surface area contributed by atoms with Gasteiger partial charge in [-0.3, -0.25) is 4.79 Å². The first-order chi connectivity index (χ1) is 9.17. The zero-order valence-corrected chi connectivity index (χ0v) is 12.1. The van der Waals surface area contributed by atoms with Crippen molar-refractivity contribution in [2.24, 2.45) is 5.92 Å². The average Bonchev–Trinajstić information content (AvgIpc) is 3.03. The zero-order chi connectivity index (χ0) is 13.8. The highest BCUT2D eigenvalue weighted by molar-refractivity contribution is 7.19. The van der Waals surface area contributed by atoms with Gasteiger partial charge in [0.2, 0.25) is 0 Å². The van der Waals surface area contributed by atoms with Gasteiger partial charge in [0.1, 0.15) is 5.00 Å². The van der Waals surface area contributed by atoms with Gasteiger partial charge in [0.25, 0.3) is 0 Å². The minimum Gasteiger partial charge on any atom is -0.492 e. The third-order valence-electron chi connectivity index (χ3n) is 3.25. The van der Waals surface area contributed by atoms with E-state index in [2.05, 4.69) is 5.32 Å². The number of nitrogens with two attached hydrogens (primary N) is 1. The van der Waals surface area contributed by atoms with Gasteiger partial charge in [-0.2, -0.15) is 0 Å². The smallest absolute Gasteiger partial charge is 0.176 e. The van der Waals surface area contributed by atoms with Crippen LogP contribution in [0.5, 0.6) is 5.75 Å². The van der Waals surface area contributed by atoms with E-state index in [0.717, 1.165) is 31.2 Å². The summed E-state index contributed by atoms with van der Waals surface area (Å²) in [7, 11) is 1.57. The highest BCUT2D eigenvalue weighted by Gasteiger charge is 2.22. The first kappa shape index (κ1) is 14.1. The molecule has 1 aromatic heterocycles. The fourth-order valence-corrected chi connectivity index (χ4v) is 3.20. The lowest BCUT2D eigenvalue weighted by Crippen LogP contribution is -2.13. The van der Waals surface area contributed by atoms with E-state index in [1.165, 1.54) is 11.3 Å². The Kier molecular flexibility index (Phi) is 4.66. The quantitative estimate of drug-likeness (QED) is 0.785. The number of hydrogen-bond acceptors (Lipinski definition) is 6. The van der Waals surface area contributed by atoms with Crippen LogP contribution in [0.2, 0.25) is 0 Å². The lowest BCUT2D eigenvalue weighted by molar-refractivity contribution is 0.0992. The second kappa shape index (κ2) is 6.25. The third kappa shape index (κ3) is 3.01. The summed E-state index contributed by atoms with van der Waals surface area (Å²) >= 11 is 1.38. The van der Waals surface area contributed by atoms with Crippen molar-refractivity contribution >= 4 is 27.8 Å². The number of rotatable bonds is 6. The molecule has 2 rings (SSSR count). The molecule has 106 valence electrons. The molecule has 0 amide bonds. The van der Waals surface area contributed by atoms with Crippen LogP contribution in [0, 0.1) is 5.92 Å². The molecule has 0 radical (unpaired) electrons. The van der Waals surface area contributed by atoms with E-state index in [9.17, 15) is 4.79 Å². The Morgan fingerprint density at radius 3 is 3.00 bits per heavy atom. The van der Waals surface area contributed by atoms with E-state index >= 15 is 0 Å². The summed E-state index contributed by atoms with van der Waals surface area (Å²) in [4.78, 5) is 12.4. The minimum absolute atomic E-state index is 0.0537. The molecule has 0 aliphatic carbocycles. The maximum Gasteiger partial charge on any atom is 0.176 e. The Morgan fingerprint density at radius 1 is 1.63 bits per heavy atom. The topological polar surface area (TPSA) is 73.6 Å². The van der Waals surface area contributed by atoms with Crippen LogP contribution < -0.4 is 15.8 Å². The number of carbonyl (C=O) groups excluding carboxylic acids is 1. The van der Waals surface area contributed by atoms with E-state index in [0.29, 0.717) is 28.7 Å². The summed E-state index contributed by atoms with van der Waals surface area (Å²) < 4.78 is 10.6. The molecule has 0 spiro atoms. The number of ether oxygens (including phenoxy) is 2. The van der Waals surface area contributed by atoms with Crippen LogP contribution >= 0.6 is 11.3 Å². The normalized spacial score (nSPS) is 18.5. The van der Waals surface area contributed by atoms with Crippen LogP contribution in [0.15, 0.2) is 0 Å². The molecule has 1 atom stereocenters. The van der Waals surface area contributed by atoms with Crippen molar-refractivity contribution in [2.45, 2.75) is 19.8 Å². The molecule has 0 saturated carbocycles. The summed E-state index contributed by atoms with van der Waals surface area (Å²) in [5.74, 6) is 1.15. The first-order valence-electron chi connectivity index (χ1n) is 6.48. The van der Waals surface area contributed by atoms with Crippen molar-refractivity contribution in [3.05, 3.63) is 4.88 Å². The van der Waals surface area contributed by atoms with Crippen molar-refractivity contribution in [2.75, 3.05) is 37.9 Å². The van der Waals surface area contributed by atoms with E-state index < -0.39 is 0 Å². The zero-order valence-electron chi connectivity index (χ0n) is 11.3. The molecular weight excluding hydrogens is 264 g/mol. The fraction of sp³-hybridized carbons (Fsp3) is 0.615. The first-order valence-corrected chi connectivity index (χ1v) is 7.30. The fourth-order valence-electron chi connectivity index (χ4n) is 2.10. The van der Waals surface area contributed by atoms with Crippen LogP contribution in [-0.2, 0) is 4.74 Å². The van der Waals surface area contributed by atoms with E-state index in [1.54, 1.807) is 7.11 Å². The van der Waals surface area contributed by atoms with Crippen LogP contribution in [0.4, 0.5) is 10.7 Å². The number of nitrogen functional groups attached to an aromatic ring is 1. The molecule has 1 unspecified atom stereocenters. The summed E-state index contributed by atoms with van der Waals surface area (Å²) in [6, 6.07) is 0. The van der Waals surface area contributed by atoms with Crippen molar-refractivity contribution in [3.63, 3.8) is 0 Å². The van der Waals surface area contributed by atoms with Crippen molar-refractivity contribution < 1.29 is 14.3 Å². The Morgan fingerprint density at radius 2 is 2.42 bits per heavy atom. The van der Waals surface area contributed by atoms with Crippen LogP contribution in [0.25, 0.3) is 0 Å². The summed E-state index contributed by atoms with van der Waals surface area (Å²) in [6.45, 7) is 4.26. The molecule has 19 heavy (non-hydrogen) atoms. The number of Topliss-reactive ketones (excluding diaryl/α,β-unsaturated/α-hetero) is 1. The van der Waals surface area contributed by atoms with Crippen LogP contribution in [-0.4, -0.2) is 32.7 Å². The Balaban J connectivity index is 2.12. The highest BCUT2D eigenvalue weighted by Crippen LogP contribution is 2.43. The molecule has 2 heterocycles. The maximum absolute atomic E-state index is 11.8. The number of anilines is 2. The van der Waals surface area contributed by atoms with Gasteiger partial charge < -0.3 is 20.5 Å². The third-order valence-corrected chi connectivity index (χ3v) is 4.44. The number of carbonyl (C=O) groups is 1. The number of hydrogen-bond donors (Lipinski definition) is 2. The summed E-state index contributed by atoms with van der Waals surface area (Å²) in [6.07, 6.45) is 1.51. The lowest BCUT2D eigenvalue weighted by Gasteiger charge is -2.10. The van der Waals surface area contributed by atoms with Gasteiger partial charge >= 0.3 is 0 Å². The monoisotopic (exact) mass is 284 g/mol. The minimum atomic E-state index is 0.0537. The van der Waals surface area contributed by atoms with Crippen molar-refractivity contribution in [1.29, 1.82) is 0 Å². The molecule has 1 aliphatic rings. The molecule has 0 bridgehead atoms. The number of nitrogens with one attached hydrogen (secondary N) is 1. The van der Waals surface area contributed by atoms with Crippen LogP contribution in [0.3, 0.4) is 0 Å². The number of methoxy groups -OCH3 is 1. The highest BCUT2D eigenvalue weighted by atomic mass is 32.1. The summed E-state index contributed by atoms with van der Waals surface area (Å²) in [5, 5.41) is 4.16. The summed E-state index contributed by atoms with van der Waals surface area (Å²) in [5.41, 5.74) is 6.42.